The molecular formula is C10H16ClN3O5. The van der Waals surface area contributed by atoms with Crippen LogP contribution < -0.4 is 11.3 Å². The van der Waals surface area contributed by atoms with Crippen LogP contribution in [0.2, 0.25) is 0 Å². The van der Waals surface area contributed by atoms with Crippen LogP contribution in [0.1, 0.15) is 12.0 Å². The number of phenols is 3. The molecule has 1 aromatic rings. The number of benzene rings is 1. The van der Waals surface area contributed by atoms with Gasteiger partial charge in [-0.05, 0) is 12.1 Å². The van der Waals surface area contributed by atoms with Crippen molar-refractivity contribution in [2.24, 2.45) is 5.84 Å². The van der Waals surface area contributed by atoms with Gasteiger partial charge in [0, 0.05) is 5.56 Å². The predicted molar refractivity (Wildman–Crippen MR) is 68.3 cm³/mol. The predicted octanol–water partition coefficient (Wildman–Crippen LogP) is -0.686. The first-order valence-electron chi connectivity index (χ1n) is 5.11. The number of nitrogens with two attached hydrogens (primary N) is 1. The summed E-state index contributed by atoms with van der Waals surface area (Å²) in [5.74, 6) is 3.36. The van der Waals surface area contributed by atoms with E-state index in [-0.39, 0.29) is 37.5 Å². The molecule has 9 heteroatoms. The SMILES string of the molecule is Cl.NN(Cc1ccc(O)c(O)c1O)NC(=O)CCO. The van der Waals surface area contributed by atoms with Crippen molar-refractivity contribution in [1.82, 2.24) is 10.5 Å². The number of phenolic OH excluding ortho intramolecular Hbond substituents is 3. The topological polar surface area (TPSA) is 139 Å². The molecule has 1 aromatic carbocycles. The number of aromatic hydroxyl groups is 3. The highest BCUT2D eigenvalue weighted by molar-refractivity contribution is 5.85. The smallest absolute Gasteiger partial charge is 0.237 e. The van der Waals surface area contributed by atoms with Crippen LogP contribution in [-0.2, 0) is 11.3 Å². The molecule has 8 nitrogen and oxygen atoms in total. The Kier molecular flexibility index (Phi) is 6.94. The van der Waals surface area contributed by atoms with E-state index in [9.17, 15) is 15.0 Å². The van der Waals surface area contributed by atoms with Crippen LogP contribution in [0.5, 0.6) is 17.2 Å². The third kappa shape index (κ3) is 4.79. The van der Waals surface area contributed by atoms with Crippen molar-refractivity contribution in [2.45, 2.75) is 13.0 Å². The number of nitrogens with one attached hydrogen (secondary N) is 1. The number of hydrazine groups is 2. The molecule has 108 valence electrons. The number of carbonyl (C=O) groups excluding carboxylic acids is 1. The Balaban J connectivity index is 0.00000324. The van der Waals surface area contributed by atoms with Gasteiger partial charge in [-0.3, -0.25) is 16.1 Å². The van der Waals surface area contributed by atoms with Gasteiger partial charge < -0.3 is 20.4 Å². The van der Waals surface area contributed by atoms with Crippen molar-refractivity contribution in [3.05, 3.63) is 17.7 Å². The van der Waals surface area contributed by atoms with Crippen LogP contribution in [0.15, 0.2) is 12.1 Å². The van der Waals surface area contributed by atoms with E-state index >= 15 is 0 Å². The van der Waals surface area contributed by atoms with Crippen LogP contribution >= 0.6 is 12.4 Å². The van der Waals surface area contributed by atoms with Crippen LogP contribution in [-0.4, -0.2) is 38.1 Å². The molecule has 0 bridgehead atoms. The summed E-state index contributed by atoms with van der Waals surface area (Å²) in [7, 11) is 0. The van der Waals surface area contributed by atoms with Gasteiger partial charge >= 0.3 is 0 Å². The number of aliphatic hydroxyl groups excluding tert-OH is 1. The lowest BCUT2D eigenvalue weighted by atomic mass is 10.1. The van der Waals surface area contributed by atoms with Crippen LogP contribution in [0.4, 0.5) is 0 Å². The molecule has 0 heterocycles. The molecular weight excluding hydrogens is 278 g/mol. The number of amides is 1. The summed E-state index contributed by atoms with van der Waals surface area (Å²) in [5.41, 5.74) is 2.47. The van der Waals surface area contributed by atoms with Crippen molar-refractivity contribution >= 4 is 18.3 Å². The molecule has 0 unspecified atom stereocenters. The molecule has 1 amide bonds. The molecule has 0 spiro atoms. The van der Waals surface area contributed by atoms with Crippen LogP contribution in [0, 0.1) is 0 Å². The maximum atomic E-state index is 11.1. The lowest BCUT2D eigenvalue weighted by molar-refractivity contribution is -0.127. The molecule has 0 radical (unpaired) electrons. The molecule has 0 aliphatic carbocycles. The summed E-state index contributed by atoms with van der Waals surface area (Å²) >= 11 is 0. The molecule has 0 atom stereocenters. The van der Waals surface area contributed by atoms with Gasteiger partial charge in [-0.15, -0.1) is 12.4 Å². The fourth-order valence-electron chi connectivity index (χ4n) is 1.28. The number of halogens is 1. The van der Waals surface area contributed by atoms with Gasteiger partial charge in [0.05, 0.1) is 19.6 Å². The van der Waals surface area contributed by atoms with Crippen LogP contribution in [0.25, 0.3) is 0 Å². The van der Waals surface area contributed by atoms with Crippen molar-refractivity contribution in [3.63, 3.8) is 0 Å². The molecule has 0 fully saturated rings. The highest BCUT2D eigenvalue weighted by atomic mass is 35.5. The minimum absolute atomic E-state index is 0. The van der Waals surface area contributed by atoms with Gasteiger partial charge in [0.1, 0.15) is 0 Å². The maximum Gasteiger partial charge on any atom is 0.237 e. The second-order valence-electron chi connectivity index (χ2n) is 3.58. The Morgan fingerprint density at radius 1 is 1.26 bits per heavy atom. The molecule has 0 aromatic heterocycles. The van der Waals surface area contributed by atoms with Gasteiger partial charge in [0.2, 0.25) is 11.7 Å². The Morgan fingerprint density at radius 2 is 1.89 bits per heavy atom. The summed E-state index contributed by atoms with van der Waals surface area (Å²) in [6, 6.07) is 2.54. The average molecular weight is 294 g/mol. The third-order valence-corrected chi connectivity index (χ3v) is 2.16. The zero-order valence-electron chi connectivity index (χ0n) is 9.91. The van der Waals surface area contributed by atoms with Crippen molar-refractivity contribution < 1.29 is 25.2 Å². The lowest BCUT2D eigenvalue weighted by Crippen LogP contribution is -2.46. The van der Waals surface area contributed by atoms with E-state index in [1.807, 2.05) is 0 Å². The summed E-state index contributed by atoms with van der Waals surface area (Å²) in [5, 5.41) is 37.3. The number of hydrogen-bond acceptors (Lipinski definition) is 7. The van der Waals surface area contributed by atoms with E-state index in [1.165, 1.54) is 12.1 Å². The highest BCUT2D eigenvalue weighted by Gasteiger charge is 2.13. The molecule has 19 heavy (non-hydrogen) atoms. The van der Waals surface area contributed by atoms with E-state index in [1.54, 1.807) is 0 Å². The summed E-state index contributed by atoms with van der Waals surface area (Å²) < 4.78 is 0. The van der Waals surface area contributed by atoms with Crippen molar-refractivity contribution in [3.8, 4) is 17.2 Å². The Bertz CT molecular complexity index is 443. The quantitative estimate of drug-likeness (QED) is 0.240. The number of rotatable bonds is 5. The Labute approximate surface area is 115 Å². The van der Waals surface area contributed by atoms with Crippen molar-refractivity contribution in [1.29, 1.82) is 0 Å². The monoisotopic (exact) mass is 293 g/mol. The Morgan fingerprint density at radius 3 is 2.47 bits per heavy atom. The number of nitrogens with zero attached hydrogens (tertiary/aromatic N) is 1. The van der Waals surface area contributed by atoms with Gasteiger partial charge in [-0.25, -0.2) is 0 Å². The maximum absolute atomic E-state index is 11.1. The van der Waals surface area contributed by atoms with Gasteiger partial charge in [0.15, 0.2) is 11.5 Å². The molecule has 0 saturated heterocycles. The number of hydrogen-bond donors (Lipinski definition) is 6. The van der Waals surface area contributed by atoms with E-state index < -0.39 is 23.2 Å². The summed E-state index contributed by atoms with van der Waals surface area (Å²) in [6.45, 7) is -0.387. The van der Waals surface area contributed by atoms with Gasteiger partial charge in [0.25, 0.3) is 0 Å². The highest BCUT2D eigenvalue weighted by Crippen LogP contribution is 2.37. The largest absolute Gasteiger partial charge is 0.504 e. The van der Waals surface area contributed by atoms with E-state index in [0.717, 1.165) is 5.12 Å². The fourth-order valence-corrected chi connectivity index (χ4v) is 1.28. The molecule has 7 N–H and O–H groups in total. The van der Waals surface area contributed by atoms with E-state index in [2.05, 4.69) is 5.43 Å². The zero-order valence-corrected chi connectivity index (χ0v) is 10.7. The zero-order chi connectivity index (χ0) is 13.7. The van der Waals surface area contributed by atoms with E-state index in [0.29, 0.717) is 0 Å². The normalized spacial score (nSPS) is 10.1. The first-order chi connectivity index (χ1) is 8.45. The number of carbonyl (C=O) groups is 1. The molecule has 0 aliphatic heterocycles. The molecule has 0 aliphatic rings. The standard InChI is InChI=1S/C10H15N3O5.ClH/c11-13(12-8(16)3-4-14)5-6-1-2-7(15)10(18)9(6)17;/h1-2,14-15,17-18H,3-5,11H2,(H,12,16);1H. The third-order valence-electron chi connectivity index (χ3n) is 2.16. The van der Waals surface area contributed by atoms with Gasteiger partial charge in [-0.2, -0.15) is 5.12 Å². The van der Waals surface area contributed by atoms with Crippen molar-refractivity contribution in [2.75, 3.05) is 6.61 Å². The first kappa shape index (κ1) is 17.3. The second-order valence-corrected chi connectivity index (χ2v) is 3.58. The minimum atomic E-state index is -0.650. The van der Waals surface area contributed by atoms with Crippen LogP contribution in [0.3, 0.4) is 0 Å². The summed E-state index contributed by atoms with van der Waals surface area (Å²) in [6.07, 6.45) is -0.0967. The first-order valence-corrected chi connectivity index (χ1v) is 5.11. The van der Waals surface area contributed by atoms with E-state index in [4.69, 9.17) is 16.1 Å². The minimum Gasteiger partial charge on any atom is -0.504 e. The molecule has 1 rings (SSSR count). The number of aliphatic hydroxyl groups is 1. The average Bonchev–Trinajstić information content (AvgIpc) is 2.30. The fraction of sp³-hybridized carbons (Fsp3) is 0.300. The Hall–Kier alpha value is -1.74. The molecule has 0 saturated carbocycles. The summed E-state index contributed by atoms with van der Waals surface area (Å²) in [4.78, 5) is 11.1. The second kappa shape index (κ2) is 7.64. The van der Waals surface area contributed by atoms with Gasteiger partial charge in [-0.1, -0.05) is 0 Å². The lowest BCUT2D eigenvalue weighted by Gasteiger charge is -2.18.